The molecule has 0 aromatic heterocycles. The van der Waals surface area contributed by atoms with Gasteiger partial charge in [0.25, 0.3) is 0 Å². The molecule has 0 N–H and O–H groups in total. The van der Waals surface area contributed by atoms with E-state index in [0.29, 0.717) is 0 Å². The average molecular weight is 217 g/mol. The largest absolute Gasteiger partial charge is 2.00 e. The first kappa shape index (κ1) is 17.1. The molecule has 0 aromatic rings. The van der Waals surface area contributed by atoms with Crippen molar-refractivity contribution >= 4 is 23.1 Å². The molecule has 0 aliphatic carbocycles. The molecule has 0 radical (unpaired) electrons. The van der Waals surface area contributed by atoms with Gasteiger partial charge in [-0.3, -0.25) is 6.08 Å². The number of rotatable bonds is 0. The molecule has 1 saturated heterocycles. The fourth-order valence-corrected chi connectivity index (χ4v) is 0.510. The molecular weight excluding hydrogens is 204 g/mol. The Morgan fingerprint density at radius 1 is 1.30 bits per heavy atom. The molecule has 0 amide bonds. The molecule has 1 rings (SSSR count). The zero-order chi connectivity index (χ0) is 6.24. The third-order valence-corrected chi connectivity index (χ3v) is 0.827. The van der Waals surface area contributed by atoms with Gasteiger partial charge in [-0.1, -0.05) is 6.92 Å². The molecule has 1 aliphatic rings. The van der Waals surface area contributed by atoms with Gasteiger partial charge in [0, 0.05) is 13.2 Å². The van der Waals surface area contributed by atoms with Crippen LogP contribution in [-0.2, 0) is 4.74 Å². The van der Waals surface area contributed by atoms with Crippen LogP contribution >= 0.6 is 0 Å². The van der Waals surface area contributed by atoms with Gasteiger partial charge in [-0.25, -0.2) is 0 Å². The molecule has 0 aromatic carbocycles. The van der Waals surface area contributed by atoms with Crippen molar-refractivity contribution in [3.63, 3.8) is 0 Å². The van der Waals surface area contributed by atoms with Crippen LogP contribution in [0.25, 0.3) is 0 Å². The van der Waals surface area contributed by atoms with Crippen molar-refractivity contribution in [3.05, 3.63) is 12.7 Å². The van der Waals surface area contributed by atoms with Crippen LogP contribution in [0.5, 0.6) is 0 Å². The molecule has 0 atom stereocenters. The standard InChI is InChI=1S/C4H8O.C3H5.BrH.Mg/c1-2-4-5-3-1;1-3-2;;/h1-4H2;1,3H,2H3;1H;/q;-1;;+2/p-1. The Morgan fingerprint density at radius 2 is 1.60 bits per heavy atom. The van der Waals surface area contributed by atoms with Gasteiger partial charge in [-0.2, -0.15) is 0 Å². The van der Waals surface area contributed by atoms with E-state index in [4.69, 9.17) is 11.3 Å². The second kappa shape index (κ2) is 16.5. The molecule has 56 valence electrons. The number of allylic oxidation sites excluding steroid dienone is 1. The van der Waals surface area contributed by atoms with E-state index in [-0.39, 0.29) is 40.0 Å². The van der Waals surface area contributed by atoms with Gasteiger partial charge in [0.05, 0.1) is 0 Å². The maximum Gasteiger partial charge on any atom is 2.00 e. The predicted octanol–water partition coefficient (Wildman–Crippen LogP) is -1.58. The zero-order valence-corrected chi connectivity index (χ0v) is 9.48. The van der Waals surface area contributed by atoms with Crippen LogP contribution in [0.3, 0.4) is 0 Å². The Hall–Kier alpha value is 0.946. The van der Waals surface area contributed by atoms with Crippen molar-refractivity contribution in [3.8, 4) is 0 Å². The third-order valence-electron chi connectivity index (χ3n) is 0.827. The van der Waals surface area contributed by atoms with Gasteiger partial charge in [-0.05, 0) is 12.8 Å². The second-order valence-corrected chi connectivity index (χ2v) is 1.65. The number of hydrogen-bond donors (Lipinski definition) is 0. The van der Waals surface area contributed by atoms with Crippen molar-refractivity contribution in [2.24, 2.45) is 0 Å². The van der Waals surface area contributed by atoms with Gasteiger partial charge in [0.1, 0.15) is 0 Å². The minimum atomic E-state index is 0. The number of hydrogen-bond acceptors (Lipinski definition) is 1. The number of halogens is 1. The SMILES string of the molecule is C1CCOC1.[Br-].[CH-]=CC.[Mg+2]. The van der Waals surface area contributed by atoms with E-state index in [2.05, 4.69) is 0 Å². The number of ether oxygens (including phenoxy) is 1. The van der Waals surface area contributed by atoms with Crippen molar-refractivity contribution in [1.29, 1.82) is 0 Å². The van der Waals surface area contributed by atoms with Crippen LogP contribution in [0.2, 0.25) is 0 Å². The summed E-state index contributed by atoms with van der Waals surface area (Å²) in [6, 6.07) is 0. The van der Waals surface area contributed by atoms with Crippen molar-refractivity contribution in [1.82, 2.24) is 0 Å². The van der Waals surface area contributed by atoms with Crippen molar-refractivity contribution in [2.75, 3.05) is 13.2 Å². The normalized spacial score (nSPS) is 13.3. The molecule has 0 bridgehead atoms. The first-order chi connectivity index (χ1) is 3.91. The summed E-state index contributed by atoms with van der Waals surface area (Å²) in [6.07, 6.45) is 4.06. The maximum absolute atomic E-state index is 4.94. The Bertz CT molecular complexity index is 48.0. The summed E-state index contributed by atoms with van der Waals surface area (Å²) in [5.74, 6) is 0. The molecule has 1 nitrogen and oxygen atoms in total. The van der Waals surface area contributed by atoms with E-state index in [1.165, 1.54) is 18.9 Å². The van der Waals surface area contributed by atoms with E-state index >= 15 is 0 Å². The molecule has 3 heteroatoms. The molecule has 1 fully saturated rings. The summed E-state index contributed by atoms with van der Waals surface area (Å²) in [5.41, 5.74) is 0. The quantitative estimate of drug-likeness (QED) is 0.351. The van der Waals surface area contributed by atoms with E-state index in [1.54, 1.807) is 6.92 Å². The fourth-order valence-electron chi connectivity index (χ4n) is 0.510. The van der Waals surface area contributed by atoms with Gasteiger partial charge >= 0.3 is 23.1 Å². The zero-order valence-electron chi connectivity index (χ0n) is 6.48. The van der Waals surface area contributed by atoms with E-state index < -0.39 is 0 Å². The minimum absolute atomic E-state index is 0. The molecule has 0 unspecified atom stereocenters. The van der Waals surface area contributed by atoms with Crippen molar-refractivity contribution in [2.45, 2.75) is 19.8 Å². The average Bonchev–Trinajstić information content (AvgIpc) is 2.17. The Labute approximate surface area is 90.1 Å². The summed E-state index contributed by atoms with van der Waals surface area (Å²) in [5, 5.41) is 0. The Morgan fingerprint density at radius 3 is 1.70 bits per heavy atom. The van der Waals surface area contributed by atoms with Crippen LogP contribution in [0, 0.1) is 6.58 Å². The van der Waals surface area contributed by atoms with Crippen molar-refractivity contribution < 1.29 is 21.7 Å². The van der Waals surface area contributed by atoms with E-state index in [9.17, 15) is 0 Å². The van der Waals surface area contributed by atoms with Crippen LogP contribution < -0.4 is 17.0 Å². The summed E-state index contributed by atoms with van der Waals surface area (Å²) in [4.78, 5) is 0. The van der Waals surface area contributed by atoms with Gasteiger partial charge in [0.2, 0.25) is 0 Å². The van der Waals surface area contributed by atoms with E-state index in [1.807, 2.05) is 0 Å². The molecule has 10 heavy (non-hydrogen) atoms. The molecular formula is C7H13BrMgO. The third kappa shape index (κ3) is 16.0. The summed E-state index contributed by atoms with van der Waals surface area (Å²) >= 11 is 0. The van der Waals surface area contributed by atoms with Gasteiger partial charge in [0.15, 0.2) is 0 Å². The van der Waals surface area contributed by atoms with Crippen LogP contribution in [-0.4, -0.2) is 36.3 Å². The van der Waals surface area contributed by atoms with E-state index in [0.717, 1.165) is 13.2 Å². The second-order valence-electron chi connectivity index (χ2n) is 1.65. The molecule has 1 heterocycles. The minimum Gasteiger partial charge on any atom is -1.00 e. The van der Waals surface area contributed by atoms with Crippen LogP contribution in [0.1, 0.15) is 19.8 Å². The van der Waals surface area contributed by atoms with Gasteiger partial charge in [-0.15, -0.1) is 0 Å². The molecule has 0 spiro atoms. The van der Waals surface area contributed by atoms with Crippen LogP contribution in [0.15, 0.2) is 6.08 Å². The molecule has 0 saturated carbocycles. The maximum atomic E-state index is 4.94. The molecule has 1 aliphatic heterocycles. The topological polar surface area (TPSA) is 9.23 Å². The first-order valence-electron chi connectivity index (χ1n) is 2.99. The first-order valence-corrected chi connectivity index (χ1v) is 2.99. The Kier molecular flexibility index (Phi) is 28.3. The smallest absolute Gasteiger partial charge is 1.00 e. The predicted molar refractivity (Wildman–Crippen MR) is 40.4 cm³/mol. The van der Waals surface area contributed by atoms with Gasteiger partial charge < -0.3 is 28.3 Å². The summed E-state index contributed by atoms with van der Waals surface area (Å²) in [6.45, 7) is 8.50. The summed E-state index contributed by atoms with van der Waals surface area (Å²) < 4.78 is 4.94. The fraction of sp³-hybridized carbons (Fsp3) is 0.714. The monoisotopic (exact) mass is 216 g/mol. The van der Waals surface area contributed by atoms with Crippen LogP contribution in [0.4, 0.5) is 0 Å². The summed E-state index contributed by atoms with van der Waals surface area (Å²) in [7, 11) is 0. The Balaban J connectivity index is -0.0000000900.